The molecule has 0 amide bonds. The van der Waals surface area contributed by atoms with E-state index in [0.29, 0.717) is 35.9 Å². The van der Waals surface area contributed by atoms with Gasteiger partial charge in [0.2, 0.25) is 0 Å². The van der Waals surface area contributed by atoms with Crippen LogP contribution >= 0.6 is 0 Å². The molecule has 16 heteroatoms. The summed E-state index contributed by atoms with van der Waals surface area (Å²) in [5.74, 6) is -14.8. The highest BCUT2D eigenvalue weighted by atomic mass is 19.3. The van der Waals surface area contributed by atoms with Crippen LogP contribution in [0.3, 0.4) is 0 Å². The van der Waals surface area contributed by atoms with Crippen molar-refractivity contribution in [3.05, 3.63) is 147 Å². The van der Waals surface area contributed by atoms with Gasteiger partial charge in [0.25, 0.3) is 0 Å². The molecule has 0 spiro atoms. The highest BCUT2D eigenvalue weighted by Crippen LogP contribution is 2.41. The summed E-state index contributed by atoms with van der Waals surface area (Å²) in [6.07, 6.45) is -10.0. The quantitative estimate of drug-likeness (QED) is 0.0900. The number of benzene rings is 5. The Morgan fingerprint density at radius 2 is 1.00 bits per heavy atom. The molecule has 0 aromatic heterocycles. The Morgan fingerprint density at radius 1 is 0.519 bits per heavy atom. The molecule has 5 rings (SSSR count). The van der Waals surface area contributed by atoms with Crippen LogP contribution in [0.15, 0.2) is 66.7 Å². The minimum atomic E-state index is -5.00. The summed E-state index contributed by atoms with van der Waals surface area (Å²) in [6.45, 7) is 1.52. The number of alkyl halides is 4. The van der Waals surface area contributed by atoms with Gasteiger partial charge in [-0.15, -0.1) is 0 Å². The second-order valence-electron chi connectivity index (χ2n) is 10.8. The first-order valence-electron chi connectivity index (χ1n) is 14.2. The van der Waals surface area contributed by atoms with Crippen molar-refractivity contribution in [2.24, 2.45) is 0 Å². The lowest BCUT2D eigenvalue weighted by atomic mass is 10.0. The first-order chi connectivity index (χ1) is 24.3. The van der Waals surface area contributed by atoms with Crippen molar-refractivity contribution in [1.29, 1.82) is 0 Å². The van der Waals surface area contributed by atoms with Gasteiger partial charge in [-0.3, -0.25) is 0 Å². The number of rotatable bonds is 8. The highest BCUT2D eigenvalue weighted by Gasteiger charge is 2.44. The lowest BCUT2D eigenvalue weighted by Crippen LogP contribution is -2.27. The van der Waals surface area contributed by atoms with Gasteiger partial charge in [-0.25, -0.2) is 39.5 Å². The van der Waals surface area contributed by atoms with Crippen LogP contribution in [0.5, 0.6) is 17.2 Å². The monoisotopic (exact) mass is 744 g/mol. The van der Waals surface area contributed by atoms with E-state index in [1.54, 1.807) is 0 Å². The average molecular weight is 745 g/mol. The summed E-state index contributed by atoms with van der Waals surface area (Å²) in [7, 11) is 0.920. The fraction of sp³-hybridized carbons (Fsp3) is 0.111. The molecule has 0 radical (unpaired) electrons. The molecule has 0 unspecified atom stereocenters. The van der Waals surface area contributed by atoms with Crippen molar-refractivity contribution in [3.63, 3.8) is 0 Å². The van der Waals surface area contributed by atoms with Crippen LogP contribution in [0, 0.1) is 71.1 Å². The van der Waals surface area contributed by atoms with E-state index in [-0.39, 0.29) is 23.8 Å². The van der Waals surface area contributed by atoms with Gasteiger partial charge in [0.05, 0.1) is 7.11 Å². The molecule has 0 saturated heterocycles. The molecule has 0 aliphatic rings. The fourth-order valence-corrected chi connectivity index (χ4v) is 4.81. The Morgan fingerprint density at radius 3 is 1.50 bits per heavy atom. The maximum absolute atomic E-state index is 15.1. The predicted molar refractivity (Wildman–Crippen MR) is 157 cm³/mol. The minimum Gasteiger partial charge on any atom is -0.495 e. The zero-order valence-corrected chi connectivity index (χ0v) is 26.0. The SMILES string of the molecule is COc1cc(OC(F)(F)c2c(F)cc(OC(F)(F)c3c(F)cc(-c4ccc(C)cc4F)cc3F)cc2F)cc(F)c1C#Cc1cc(F)c(F)c(F)c1. The number of hydrogen-bond donors (Lipinski definition) is 0. The number of hydrogen-bond acceptors (Lipinski definition) is 3. The molecular formula is C36H17F13O3. The van der Waals surface area contributed by atoms with Crippen LogP contribution in [0.25, 0.3) is 11.1 Å². The predicted octanol–water partition coefficient (Wildman–Crippen LogP) is 10.6. The van der Waals surface area contributed by atoms with E-state index in [2.05, 4.69) is 21.3 Å². The summed E-state index contributed by atoms with van der Waals surface area (Å²) in [6, 6.07) is 5.74. The molecule has 0 saturated carbocycles. The third kappa shape index (κ3) is 7.58. The van der Waals surface area contributed by atoms with Crippen molar-refractivity contribution in [2.75, 3.05) is 7.11 Å². The normalized spacial score (nSPS) is 11.6. The third-order valence-corrected chi connectivity index (χ3v) is 7.13. The third-order valence-electron chi connectivity index (χ3n) is 7.13. The number of ether oxygens (including phenoxy) is 3. The van der Waals surface area contributed by atoms with Gasteiger partial charge in [0.1, 0.15) is 68.8 Å². The van der Waals surface area contributed by atoms with Crippen LogP contribution in [-0.2, 0) is 12.2 Å². The number of methoxy groups -OCH3 is 1. The van der Waals surface area contributed by atoms with Gasteiger partial charge in [-0.2, -0.15) is 17.6 Å². The Labute approximate surface area is 284 Å². The summed E-state index contributed by atoms with van der Waals surface area (Å²) in [4.78, 5) is 0. The first-order valence-corrected chi connectivity index (χ1v) is 14.2. The Bertz CT molecular complexity index is 2210. The Kier molecular flexibility index (Phi) is 10.1. The molecule has 52 heavy (non-hydrogen) atoms. The van der Waals surface area contributed by atoms with E-state index in [1.165, 1.54) is 13.0 Å². The molecule has 0 bridgehead atoms. The molecule has 0 aliphatic carbocycles. The second-order valence-corrected chi connectivity index (χ2v) is 10.8. The first kappa shape index (κ1) is 37.4. The van der Waals surface area contributed by atoms with Crippen molar-refractivity contribution < 1.29 is 71.3 Å². The summed E-state index contributed by atoms with van der Waals surface area (Å²) in [5.41, 5.74) is -5.74. The van der Waals surface area contributed by atoms with Crippen LogP contribution in [0.4, 0.5) is 57.1 Å². The van der Waals surface area contributed by atoms with E-state index >= 15 is 8.78 Å². The molecule has 0 heterocycles. The minimum absolute atomic E-state index is 0.170. The molecule has 0 fully saturated rings. The van der Waals surface area contributed by atoms with Crippen molar-refractivity contribution in [1.82, 2.24) is 0 Å². The Balaban J connectivity index is 1.40. The molecule has 270 valence electrons. The van der Waals surface area contributed by atoms with Crippen LogP contribution in [-0.4, -0.2) is 7.11 Å². The summed E-state index contributed by atoms with van der Waals surface area (Å²) in [5, 5.41) is 0. The van der Waals surface area contributed by atoms with Crippen LogP contribution < -0.4 is 14.2 Å². The maximum Gasteiger partial charge on any atom is 0.432 e. The maximum atomic E-state index is 15.1. The van der Waals surface area contributed by atoms with Gasteiger partial charge in [-0.1, -0.05) is 24.0 Å². The molecule has 0 N–H and O–H groups in total. The van der Waals surface area contributed by atoms with E-state index in [9.17, 15) is 48.3 Å². The smallest absolute Gasteiger partial charge is 0.432 e. The number of halogens is 13. The highest BCUT2D eigenvalue weighted by molar-refractivity contribution is 5.65. The van der Waals surface area contributed by atoms with Crippen molar-refractivity contribution >= 4 is 0 Å². The zero-order valence-electron chi connectivity index (χ0n) is 26.0. The lowest BCUT2D eigenvalue weighted by Gasteiger charge is -2.22. The Hall–Kier alpha value is -5.85. The molecule has 0 atom stereocenters. The second kappa shape index (κ2) is 14.0. The van der Waals surface area contributed by atoms with Crippen molar-refractivity contribution in [2.45, 2.75) is 19.1 Å². The van der Waals surface area contributed by atoms with Gasteiger partial charge in [0.15, 0.2) is 17.5 Å². The molecular weight excluding hydrogens is 727 g/mol. The summed E-state index contributed by atoms with van der Waals surface area (Å²) >= 11 is 0. The van der Waals surface area contributed by atoms with E-state index in [4.69, 9.17) is 4.74 Å². The molecule has 5 aromatic rings. The van der Waals surface area contributed by atoms with Gasteiger partial charge < -0.3 is 14.2 Å². The zero-order chi connectivity index (χ0) is 38.3. The van der Waals surface area contributed by atoms with Gasteiger partial charge >= 0.3 is 12.2 Å². The molecule has 0 aliphatic heterocycles. The van der Waals surface area contributed by atoms with Gasteiger partial charge in [-0.05, 0) is 48.4 Å². The lowest BCUT2D eigenvalue weighted by molar-refractivity contribution is -0.191. The van der Waals surface area contributed by atoms with E-state index < -0.39 is 110 Å². The topological polar surface area (TPSA) is 27.7 Å². The largest absolute Gasteiger partial charge is 0.495 e. The summed E-state index contributed by atoms with van der Waals surface area (Å²) < 4.78 is 202. The molecule has 5 aromatic carbocycles. The molecule has 3 nitrogen and oxygen atoms in total. The van der Waals surface area contributed by atoms with Crippen LogP contribution in [0.2, 0.25) is 0 Å². The average Bonchev–Trinajstić information content (AvgIpc) is 3.01. The van der Waals surface area contributed by atoms with E-state index in [0.717, 1.165) is 19.2 Å². The van der Waals surface area contributed by atoms with Crippen LogP contribution in [0.1, 0.15) is 27.8 Å². The number of aryl methyl sites for hydroxylation is 1. The fourth-order valence-electron chi connectivity index (χ4n) is 4.81. The van der Waals surface area contributed by atoms with E-state index in [1.807, 2.05) is 0 Å². The van der Waals surface area contributed by atoms with Crippen molar-refractivity contribution in [3.8, 4) is 40.2 Å². The van der Waals surface area contributed by atoms with Gasteiger partial charge in [0, 0.05) is 35.4 Å². The standard InChI is InChI=1S/C36H17F13O3/c1-16-3-5-21(23(37)7-16)18-10-25(39)32(26(40)11-18)35(46,47)51-19-13-27(41)33(28(42)14-19)36(48,49)52-20-12-24(38)22(31(15-20)50-2)6-4-17-8-29(43)34(45)30(44)9-17/h3,5,7-15H,1-2H3.